The van der Waals surface area contributed by atoms with Gasteiger partial charge in [0.25, 0.3) is 0 Å². The fourth-order valence-electron chi connectivity index (χ4n) is 1.85. The molecule has 102 valence electrons. The molecule has 19 heavy (non-hydrogen) atoms. The number of aliphatic carboxylic acids is 1. The van der Waals surface area contributed by atoms with E-state index in [1.807, 2.05) is 0 Å². The van der Waals surface area contributed by atoms with Crippen LogP contribution in [-0.4, -0.2) is 27.2 Å². The summed E-state index contributed by atoms with van der Waals surface area (Å²) in [6.07, 6.45) is -5.98. The van der Waals surface area contributed by atoms with Crippen molar-refractivity contribution in [3.63, 3.8) is 0 Å². The Morgan fingerprint density at radius 2 is 2.05 bits per heavy atom. The van der Waals surface area contributed by atoms with E-state index in [4.69, 9.17) is 5.11 Å². The lowest BCUT2D eigenvalue weighted by Crippen LogP contribution is -2.28. The van der Waals surface area contributed by atoms with Crippen LogP contribution in [0.1, 0.15) is 12.2 Å². The highest BCUT2D eigenvalue weighted by atomic mass is 19.4. The molecule has 0 spiro atoms. The number of aromatic amines is 1. The maximum Gasteiger partial charge on any atom is 0.392 e. The van der Waals surface area contributed by atoms with Gasteiger partial charge < -0.3 is 10.1 Å². The highest BCUT2D eigenvalue weighted by Crippen LogP contribution is 2.31. The average Bonchev–Trinajstić information content (AvgIpc) is 2.68. The number of nitrogens with one attached hydrogen (secondary N) is 1. The number of benzene rings is 1. The number of imidazole rings is 1. The summed E-state index contributed by atoms with van der Waals surface area (Å²) in [4.78, 5) is 17.3. The number of carboxylic acids is 1. The first-order valence-corrected chi connectivity index (χ1v) is 5.58. The molecule has 0 unspecified atom stereocenters. The molecule has 0 aliphatic carbocycles. The molecule has 2 rings (SSSR count). The van der Waals surface area contributed by atoms with Gasteiger partial charge in [-0.3, -0.25) is 4.79 Å². The maximum absolute atomic E-state index is 12.7. The van der Waals surface area contributed by atoms with Gasteiger partial charge in [-0.05, 0) is 12.1 Å². The third kappa shape index (κ3) is 3.24. The summed E-state index contributed by atoms with van der Waals surface area (Å²) in [7, 11) is 0. The lowest BCUT2D eigenvalue weighted by atomic mass is 10.0. The van der Waals surface area contributed by atoms with Gasteiger partial charge in [-0.2, -0.15) is 13.2 Å². The number of para-hydroxylation sites is 2. The van der Waals surface area contributed by atoms with Gasteiger partial charge in [0.2, 0.25) is 0 Å². The normalized spacial score (nSPS) is 13.6. The Bertz CT molecular complexity index is 559. The zero-order chi connectivity index (χ0) is 14.0. The molecule has 1 atom stereocenters. The van der Waals surface area contributed by atoms with Gasteiger partial charge in [-0.15, -0.1) is 0 Å². The summed E-state index contributed by atoms with van der Waals surface area (Å²) >= 11 is 0. The molecule has 2 aromatic rings. The Balaban J connectivity index is 2.23. The number of carboxylic acid groups (broad SMARTS) is 1. The maximum atomic E-state index is 12.7. The molecule has 1 aromatic carbocycles. The van der Waals surface area contributed by atoms with Crippen molar-refractivity contribution in [2.45, 2.75) is 19.0 Å². The predicted molar refractivity (Wildman–Crippen MR) is 61.6 cm³/mol. The number of aromatic nitrogens is 2. The molecule has 2 N–H and O–H groups in total. The molecular formula is C12H11F3N2O2. The van der Waals surface area contributed by atoms with E-state index in [1.54, 1.807) is 24.3 Å². The van der Waals surface area contributed by atoms with Crippen LogP contribution in [0.15, 0.2) is 24.3 Å². The lowest BCUT2D eigenvalue weighted by molar-refractivity contribution is -0.182. The van der Waals surface area contributed by atoms with Crippen LogP contribution < -0.4 is 0 Å². The highest BCUT2D eigenvalue weighted by molar-refractivity contribution is 5.74. The quantitative estimate of drug-likeness (QED) is 0.899. The predicted octanol–water partition coefficient (Wildman–Crippen LogP) is 2.76. The molecule has 0 saturated heterocycles. The average molecular weight is 272 g/mol. The van der Waals surface area contributed by atoms with Crippen LogP contribution in [0.2, 0.25) is 0 Å². The van der Waals surface area contributed by atoms with Crippen molar-refractivity contribution in [2.24, 2.45) is 5.92 Å². The molecule has 0 bridgehead atoms. The molecule has 1 heterocycles. The molecule has 7 heteroatoms. The first-order chi connectivity index (χ1) is 8.86. The van der Waals surface area contributed by atoms with Crippen LogP contribution in [0.25, 0.3) is 11.0 Å². The van der Waals surface area contributed by atoms with Crippen LogP contribution in [0.3, 0.4) is 0 Å². The van der Waals surface area contributed by atoms with Gasteiger partial charge in [0.05, 0.1) is 23.4 Å². The minimum Gasteiger partial charge on any atom is -0.481 e. The molecule has 0 aliphatic rings. The monoisotopic (exact) mass is 272 g/mol. The molecule has 0 amide bonds. The molecular weight excluding hydrogens is 261 g/mol. The van der Waals surface area contributed by atoms with Crippen molar-refractivity contribution >= 4 is 17.0 Å². The zero-order valence-electron chi connectivity index (χ0n) is 9.74. The minimum absolute atomic E-state index is 0.143. The van der Waals surface area contributed by atoms with Crippen molar-refractivity contribution in [3.8, 4) is 0 Å². The summed E-state index contributed by atoms with van der Waals surface area (Å²) in [5.41, 5.74) is 1.20. The van der Waals surface area contributed by atoms with E-state index in [2.05, 4.69) is 9.97 Å². The molecule has 0 radical (unpaired) electrons. The van der Waals surface area contributed by atoms with Crippen molar-refractivity contribution in [1.82, 2.24) is 9.97 Å². The summed E-state index contributed by atoms with van der Waals surface area (Å²) < 4.78 is 38.1. The van der Waals surface area contributed by atoms with Gasteiger partial charge >= 0.3 is 12.1 Å². The second-order valence-electron chi connectivity index (χ2n) is 4.24. The number of rotatable bonds is 4. The number of nitrogens with zero attached hydrogens (tertiary/aromatic N) is 1. The summed E-state index contributed by atoms with van der Waals surface area (Å²) in [6, 6.07) is 6.84. The largest absolute Gasteiger partial charge is 0.481 e. The molecule has 4 nitrogen and oxygen atoms in total. The first kappa shape index (κ1) is 13.4. The van der Waals surface area contributed by atoms with Gasteiger partial charge in [0, 0.05) is 6.42 Å². The SMILES string of the molecule is O=C(O)C[C@@H](Cc1nc2ccccc2[nH]1)C(F)(F)F. The Kier molecular flexibility index (Phi) is 3.46. The Morgan fingerprint density at radius 1 is 1.37 bits per heavy atom. The van der Waals surface area contributed by atoms with E-state index in [1.165, 1.54) is 0 Å². The van der Waals surface area contributed by atoms with E-state index < -0.39 is 30.9 Å². The van der Waals surface area contributed by atoms with E-state index >= 15 is 0 Å². The molecule has 0 fully saturated rings. The second-order valence-corrected chi connectivity index (χ2v) is 4.24. The Hall–Kier alpha value is -2.05. The minimum atomic E-state index is -4.56. The van der Waals surface area contributed by atoms with E-state index in [-0.39, 0.29) is 5.82 Å². The third-order valence-electron chi connectivity index (χ3n) is 2.76. The molecule has 0 aliphatic heterocycles. The van der Waals surface area contributed by atoms with Crippen molar-refractivity contribution < 1.29 is 23.1 Å². The van der Waals surface area contributed by atoms with E-state index in [0.717, 1.165) is 0 Å². The van der Waals surface area contributed by atoms with Crippen LogP contribution in [0.4, 0.5) is 13.2 Å². The van der Waals surface area contributed by atoms with Gasteiger partial charge in [0.1, 0.15) is 5.82 Å². The molecule has 0 saturated carbocycles. The summed E-state index contributed by atoms with van der Waals surface area (Å²) in [6.45, 7) is 0. The number of hydrogen-bond donors (Lipinski definition) is 2. The number of carbonyl (C=O) groups is 1. The number of hydrogen-bond acceptors (Lipinski definition) is 2. The highest BCUT2D eigenvalue weighted by Gasteiger charge is 2.41. The summed E-state index contributed by atoms with van der Waals surface area (Å²) in [5.74, 6) is -3.27. The topological polar surface area (TPSA) is 66.0 Å². The van der Waals surface area contributed by atoms with Gasteiger partial charge in [-0.25, -0.2) is 4.98 Å². The Morgan fingerprint density at radius 3 is 2.63 bits per heavy atom. The van der Waals surface area contributed by atoms with Gasteiger partial charge in [-0.1, -0.05) is 12.1 Å². The van der Waals surface area contributed by atoms with Crippen molar-refractivity contribution in [2.75, 3.05) is 0 Å². The fraction of sp³-hybridized carbons (Fsp3) is 0.333. The van der Waals surface area contributed by atoms with Crippen molar-refractivity contribution in [1.29, 1.82) is 0 Å². The smallest absolute Gasteiger partial charge is 0.392 e. The van der Waals surface area contributed by atoms with Crippen molar-refractivity contribution in [3.05, 3.63) is 30.1 Å². The fourth-order valence-corrected chi connectivity index (χ4v) is 1.85. The standard InChI is InChI=1S/C12H11F3N2O2/c13-12(14,15)7(6-11(18)19)5-10-16-8-3-1-2-4-9(8)17-10/h1-4,7H,5-6H2,(H,16,17)(H,18,19)/t7-/m1/s1. The Labute approximate surface area is 106 Å². The van der Waals surface area contributed by atoms with Crippen LogP contribution in [0.5, 0.6) is 0 Å². The van der Waals surface area contributed by atoms with E-state index in [9.17, 15) is 18.0 Å². The van der Waals surface area contributed by atoms with E-state index in [0.29, 0.717) is 11.0 Å². The number of alkyl halides is 3. The summed E-state index contributed by atoms with van der Waals surface area (Å²) in [5, 5.41) is 8.53. The van der Waals surface area contributed by atoms with Crippen LogP contribution in [-0.2, 0) is 11.2 Å². The van der Waals surface area contributed by atoms with Crippen LogP contribution in [0, 0.1) is 5.92 Å². The second kappa shape index (κ2) is 4.91. The van der Waals surface area contributed by atoms with Gasteiger partial charge in [0.15, 0.2) is 0 Å². The number of H-pyrrole nitrogens is 1. The zero-order valence-corrected chi connectivity index (χ0v) is 9.74. The lowest BCUT2D eigenvalue weighted by Gasteiger charge is -2.17. The first-order valence-electron chi connectivity index (χ1n) is 5.58. The third-order valence-corrected chi connectivity index (χ3v) is 2.76. The van der Waals surface area contributed by atoms with Crippen LogP contribution >= 0.6 is 0 Å². The molecule has 1 aromatic heterocycles. The number of fused-ring (bicyclic) bond motifs is 1. The number of halogens is 3.